The number of hydrogen-bond acceptors (Lipinski definition) is 5. The number of aliphatic hydroxyl groups excluding tert-OH is 1. The molecule has 0 rings (SSSR count). The molecule has 0 amide bonds. The second kappa shape index (κ2) is 21.2. The first-order valence-corrected chi connectivity index (χ1v) is 10.9. The Labute approximate surface area is 167 Å². The minimum Gasteiger partial charge on any atom is -0.465 e. The first-order chi connectivity index (χ1) is 13.0. The summed E-state index contributed by atoms with van der Waals surface area (Å²) < 4.78 is 10.6. The zero-order valence-electron chi connectivity index (χ0n) is 18.4. The molecule has 2 unspecified atom stereocenters. The number of esters is 2. The fourth-order valence-corrected chi connectivity index (χ4v) is 2.57. The third kappa shape index (κ3) is 19.5. The lowest BCUT2D eigenvalue weighted by molar-refractivity contribution is -0.151. The van der Waals surface area contributed by atoms with Gasteiger partial charge in [-0.3, -0.25) is 9.59 Å². The molecule has 0 aromatic carbocycles. The van der Waals surface area contributed by atoms with Crippen molar-refractivity contribution in [2.24, 2.45) is 11.8 Å². The lowest BCUT2D eigenvalue weighted by Crippen LogP contribution is -2.17. The highest BCUT2D eigenvalue weighted by molar-refractivity contribution is 5.77. The molecule has 162 valence electrons. The SMILES string of the molecule is CCCCC(CC)COC(=O)CCC(=O)OCC(CC)CCCC.CCO. The molecule has 5 nitrogen and oxygen atoms in total. The summed E-state index contributed by atoms with van der Waals surface area (Å²) in [5.74, 6) is 0.286. The Bertz CT molecular complexity index is 312. The molecule has 0 fully saturated rings. The van der Waals surface area contributed by atoms with E-state index in [0.717, 1.165) is 38.5 Å². The highest BCUT2D eigenvalue weighted by Gasteiger charge is 2.14. The summed E-state index contributed by atoms with van der Waals surface area (Å²) >= 11 is 0. The summed E-state index contributed by atoms with van der Waals surface area (Å²) in [4.78, 5) is 23.5. The normalized spacial score (nSPS) is 12.5. The van der Waals surface area contributed by atoms with E-state index in [4.69, 9.17) is 14.6 Å². The van der Waals surface area contributed by atoms with Gasteiger partial charge in [0.2, 0.25) is 0 Å². The monoisotopic (exact) mass is 388 g/mol. The van der Waals surface area contributed by atoms with Crippen molar-refractivity contribution in [2.45, 2.75) is 98.8 Å². The van der Waals surface area contributed by atoms with Gasteiger partial charge in [0.25, 0.3) is 0 Å². The van der Waals surface area contributed by atoms with Crippen LogP contribution in [0.1, 0.15) is 98.8 Å². The van der Waals surface area contributed by atoms with E-state index in [0.29, 0.717) is 25.0 Å². The van der Waals surface area contributed by atoms with Crippen LogP contribution in [0.4, 0.5) is 0 Å². The molecule has 0 aliphatic heterocycles. The van der Waals surface area contributed by atoms with Crippen molar-refractivity contribution in [3.05, 3.63) is 0 Å². The smallest absolute Gasteiger partial charge is 0.306 e. The lowest BCUT2D eigenvalue weighted by atomic mass is 10.0. The fourth-order valence-electron chi connectivity index (χ4n) is 2.57. The van der Waals surface area contributed by atoms with Crippen LogP contribution in [0.25, 0.3) is 0 Å². The standard InChI is InChI=1S/C20H38O4.C2H6O/c1-5-9-11-17(7-3)15-23-19(21)13-14-20(22)24-16-18(8-4)12-10-6-2;1-2-3/h17-18H,5-16H2,1-4H3;3H,2H2,1H3. The maximum Gasteiger partial charge on any atom is 0.306 e. The molecule has 0 radical (unpaired) electrons. The molecule has 27 heavy (non-hydrogen) atoms. The predicted molar refractivity (Wildman–Crippen MR) is 111 cm³/mol. The minimum absolute atomic E-state index is 0.120. The van der Waals surface area contributed by atoms with Gasteiger partial charge in [-0.25, -0.2) is 0 Å². The summed E-state index contributed by atoms with van der Waals surface area (Å²) in [6.07, 6.45) is 9.12. The maximum absolute atomic E-state index is 11.7. The molecule has 0 saturated heterocycles. The number of carbonyl (C=O) groups is 2. The van der Waals surface area contributed by atoms with Crippen molar-refractivity contribution in [1.82, 2.24) is 0 Å². The van der Waals surface area contributed by atoms with E-state index in [1.54, 1.807) is 6.92 Å². The Morgan fingerprint density at radius 2 is 1.07 bits per heavy atom. The van der Waals surface area contributed by atoms with Crippen LogP contribution >= 0.6 is 0 Å². The summed E-state index contributed by atoms with van der Waals surface area (Å²) in [7, 11) is 0. The van der Waals surface area contributed by atoms with Gasteiger partial charge in [0.1, 0.15) is 0 Å². The minimum atomic E-state index is -0.292. The van der Waals surface area contributed by atoms with Crippen molar-refractivity contribution in [3.8, 4) is 0 Å². The molecule has 0 bridgehead atoms. The average molecular weight is 389 g/mol. The van der Waals surface area contributed by atoms with Crippen molar-refractivity contribution in [2.75, 3.05) is 19.8 Å². The van der Waals surface area contributed by atoms with E-state index in [9.17, 15) is 9.59 Å². The Balaban J connectivity index is 0. The first-order valence-electron chi connectivity index (χ1n) is 10.9. The van der Waals surface area contributed by atoms with Gasteiger partial charge < -0.3 is 14.6 Å². The van der Waals surface area contributed by atoms with Gasteiger partial charge in [-0.15, -0.1) is 0 Å². The number of aliphatic hydroxyl groups is 1. The molecule has 5 heteroatoms. The third-order valence-electron chi connectivity index (χ3n) is 4.58. The molecule has 1 N–H and O–H groups in total. The number of ether oxygens (including phenoxy) is 2. The molecule has 0 aromatic rings. The number of hydrogen-bond donors (Lipinski definition) is 1. The molecule has 2 atom stereocenters. The van der Waals surface area contributed by atoms with Gasteiger partial charge in [-0.1, -0.05) is 66.2 Å². The molecule has 0 aliphatic carbocycles. The molecule has 0 spiro atoms. The molecule has 0 heterocycles. The Morgan fingerprint density at radius 1 is 0.741 bits per heavy atom. The second-order valence-electron chi connectivity index (χ2n) is 7.02. The molecular formula is C22H44O5. The Morgan fingerprint density at radius 3 is 1.33 bits per heavy atom. The summed E-state index contributed by atoms with van der Waals surface area (Å²) in [5.41, 5.74) is 0. The van der Waals surface area contributed by atoms with E-state index >= 15 is 0 Å². The zero-order chi connectivity index (χ0) is 20.9. The summed E-state index contributed by atoms with van der Waals surface area (Å²) in [6, 6.07) is 0. The highest BCUT2D eigenvalue weighted by Crippen LogP contribution is 2.14. The van der Waals surface area contributed by atoms with E-state index in [-0.39, 0.29) is 31.4 Å². The Hall–Kier alpha value is -1.10. The van der Waals surface area contributed by atoms with E-state index < -0.39 is 0 Å². The van der Waals surface area contributed by atoms with Crippen molar-refractivity contribution < 1.29 is 24.2 Å². The average Bonchev–Trinajstić information content (AvgIpc) is 2.67. The van der Waals surface area contributed by atoms with E-state index in [1.807, 2.05) is 0 Å². The third-order valence-corrected chi connectivity index (χ3v) is 4.58. The van der Waals surface area contributed by atoms with E-state index in [1.165, 1.54) is 12.8 Å². The highest BCUT2D eigenvalue weighted by atomic mass is 16.5. The van der Waals surface area contributed by atoms with Gasteiger partial charge in [0.15, 0.2) is 0 Å². The van der Waals surface area contributed by atoms with Crippen LogP contribution in [0.3, 0.4) is 0 Å². The second-order valence-corrected chi connectivity index (χ2v) is 7.02. The molecule has 0 aromatic heterocycles. The summed E-state index contributed by atoms with van der Waals surface area (Å²) in [5, 5.41) is 7.57. The predicted octanol–water partition coefficient (Wildman–Crippen LogP) is 5.28. The van der Waals surface area contributed by atoms with Crippen LogP contribution in [0.15, 0.2) is 0 Å². The van der Waals surface area contributed by atoms with Crippen molar-refractivity contribution in [1.29, 1.82) is 0 Å². The topological polar surface area (TPSA) is 72.8 Å². The lowest BCUT2D eigenvalue weighted by Gasteiger charge is -2.15. The van der Waals surface area contributed by atoms with Crippen LogP contribution < -0.4 is 0 Å². The van der Waals surface area contributed by atoms with Gasteiger partial charge in [0, 0.05) is 6.61 Å². The maximum atomic E-state index is 11.7. The van der Waals surface area contributed by atoms with Gasteiger partial charge in [-0.2, -0.15) is 0 Å². The zero-order valence-corrected chi connectivity index (χ0v) is 18.4. The largest absolute Gasteiger partial charge is 0.465 e. The molecule has 0 aliphatic rings. The van der Waals surface area contributed by atoms with Crippen LogP contribution in [-0.4, -0.2) is 36.9 Å². The number of carbonyl (C=O) groups excluding carboxylic acids is 2. The van der Waals surface area contributed by atoms with Crippen LogP contribution in [0.2, 0.25) is 0 Å². The van der Waals surface area contributed by atoms with Crippen LogP contribution in [-0.2, 0) is 19.1 Å². The van der Waals surface area contributed by atoms with Crippen molar-refractivity contribution in [3.63, 3.8) is 0 Å². The quantitative estimate of drug-likeness (QED) is 0.386. The fraction of sp³-hybridized carbons (Fsp3) is 0.909. The van der Waals surface area contributed by atoms with E-state index in [2.05, 4.69) is 27.7 Å². The number of unbranched alkanes of at least 4 members (excludes halogenated alkanes) is 2. The van der Waals surface area contributed by atoms with Crippen molar-refractivity contribution >= 4 is 11.9 Å². The molecule has 0 saturated carbocycles. The van der Waals surface area contributed by atoms with Gasteiger partial charge in [0.05, 0.1) is 26.1 Å². The Kier molecular flexibility index (Phi) is 22.1. The van der Waals surface area contributed by atoms with Crippen LogP contribution in [0.5, 0.6) is 0 Å². The van der Waals surface area contributed by atoms with Crippen LogP contribution in [0, 0.1) is 11.8 Å². The van der Waals surface area contributed by atoms with Gasteiger partial charge in [-0.05, 0) is 31.6 Å². The first kappa shape index (κ1) is 28.1. The molecular weight excluding hydrogens is 344 g/mol. The summed E-state index contributed by atoms with van der Waals surface area (Å²) in [6.45, 7) is 11.4. The van der Waals surface area contributed by atoms with Gasteiger partial charge >= 0.3 is 11.9 Å². The number of rotatable bonds is 15.